The summed E-state index contributed by atoms with van der Waals surface area (Å²) in [6.07, 6.45) is 6.75. The smallest absolute Gasteiger partial charge is 0.119 e. The highest BCUT2D eigenvalue weighted by molar-refractivity contribution is 5.28. The molecule has 0 heterocycles. The van der Waals surface area contributed by atoms with E-state index in [1.54, 1.807) is 7.11 Å². The lowest BCUT2D eigenvalue weighted by molar-refractivity contribution is 0.0462. The molecule has 1 aliphatic rings. The Kier molecular flexibility index (Phi) is 5.26. The Balaban J connectivity index is 1.99. The third-order valence-electron chi connectivity index (χ3n) is 4.38. The molecule has 1 aromatic rings. The highest BCUT2D eigenvalue weighted by Gasteiger charge is 2.28. The van der Waals surface area contributed by atoms with Crippen LogP contribution in [0.15, 0.2) is 24.3 Å². The number of ether oxygens (including phenoxy) is 1. The van der Waals surface area contributed by atoms with Crippen LogP contribution in [0.2, 0.25) is 0 Å². The summed E-state index contributed by atoms with van der Waals surface area (Å²) in [7, 11) is 1.70. The average Bonchev–Trinajstić information content (AvgIpc) is 2.43. The van der Waals surface area contributed by atoms with E-state index in [1.165, 1.54) is 31.2 Å². The summed E-state index contributed by atoms with van der Waals surface area (Å²) < 4.78 is 5.27. The van der Waals surface area contributed by atoms with Gasteiger partial charge in [-0.1, -0.05) is 31.9 Å². The highest BCUT2D eigenvalue weighted by Crippen LogP contribution is 2.34. The zero-order chi connectivity index (χ0) is 13.7. The first-order valence-electron chi connectivity index (χ1n) is 7.54. The minimum absolute atomic E-state index is 0.126. The Morgan fingerprint density at radius 1 is 1.32 bits per heavy atom. The van der Waals surface area contributed by atoms with Gasteiger partial charge in [-0.05, 0) is 55.2 Å². The Bertz CT molecular complexity index is 389. The van der Waals surface area contributed by atoms with Crippen LogP contribution in [0.3, 0.4) is 0 Å². The molecule has 2 heteroatoms. The van der Waals surface area contributed by atoms with Crippen molar-refractivity contribution in [3.05, 3.63) is 29.8 Å². The Labute approximate surface area is 116 Å². The van der Waals surface area contributed by atoms with Gasteiger partial charge < -0.3 is 9.84 Å². The van der Waals surface area contributed by atoms with Crippen molar-refractivity contribution in [3.63, 3.8) is 0 Å². The van der Waals surface area contributed by atoms with Gasteiger partial charge in [0.15, 0.2) is 0 Å². The lowest BCUT2D eigenvalue weighted by Gasteiger charge is -2.33. The van der Waals surface area contributed by atoms with Gasteiger partial charge in [-0.15, -0.1) is 0 Å². The van der Waals surface area contributed by atoms with Crippen LogP contribution in [0.25, 0.3) is 0 Å². The van der Waals surface area contributed by atoms with Crippen molar-refractivity contribution in [2.75, 3.05) is 7.11 Å². The Morgan fingerprint density at radius 2 is 2.16 bits per heavy atom. The van der Waals surface area contributed by atoms with Crippen LogP contribution >= 0.6 is 0 Å². The fraction of sp³-hybridized carbons (Fsp3) is 0.647. The van der Waals surface area contributed by atoms with Crippen LogP contribution in [0, 0.1) is 11.8 Å². The lowest BCUT2D eigenvalue weighted by Crippen LogP contribution is -2.30. The molecule has 0 radical (unpaired) electrons. The number of hydrogen-bond donors (Lipinski definition) is 1. The fourth-order valence-electron chi connectivity index (χ4n) is 3.34. The van der Waals surface area contributed by atoms with Crippen LogP contribution in [0.5, 0.6) is 5.75 Å². The molecular weight excluding hydrogens is 236 g/mol. The van der Waals surface area contributed by atoms with Crippen LogP contribution in [-0.4, -0.2) is 18.3 Å². The molecule has 0 bridgehead atoms. The number of aliphatic hydroxyl groups is 1. The van der Waals surface area contributed by atoms with Gasteiger partial charge in [0.2, 0.25) is 0 Å². The van der Waals surface area contributed by atoms with Gasteiger partial charge in [0, 0.05) is 0 Å². The minimum Gasteiger partial charge on any atom is -0.497 e. The molecule has 2 nitrogen and oxygen atoms in total. The molecule has 0 saturated heterocycles. The van der Waals surface area contributed by atoms with Crippen LogP contribution in [0.1, 0.15) is 44.6 Å². The first-order chi connectivity index (χ1) is 9.22. The van der Waals surface area contributed by atoms with Gasteiger partial charge in [-0.3, -0.25) is 0 Å². The predicted octanol–water partition coefficient (Wildman–Crippen LogP) is 3.82. The van der Waals surface area contributed by atoms with Crippen molar-refractivity contribution >= 4 is 0 Å². The van der Waals surface area contributed by atoms with Crippen LogP contribution < -0.4 is 4.74 Å². The number of hydrogen-bond acceptors (Lipinski definition) is 2. The number of aliphatic hydroxyl groups excluding tert-OH is 1. The van der Waals surface area contributed by atoms with Crippen molar-refractivity contribution in [2.45, 2.75) is 51.6 Å². The van der Waals surface area contributed by atoms with Gasteiger partial charge in [-0.25, -0.2) is 0 Å². The van der Waals surface area contributed by atoms with Crippen LogP contribution in [0.4, 0.5) is 0 Å². The SMILES string of the molecule is CCCC1CCC(O)C(Cc2cccc(OC)c2)C1. The minimum atomic E-state index is -0.126. The second-order valence-corrected chi connectivity index (χ2v) is 5.85. The fourth-order valence-corrected chi connectivity index (χ4v) is 3.34. The van der Waals surface area contributed by atoms with E-state index in [2.05, 4.69) is 19.1 Å². The van der Waals surface area contributed by atoms with E-state index >= 15 is 0 Å². The molecule has 106 valence electrons. The molecule has 0 aromatic heterocycles. The molecule has 19 heavy (non-hydrogen) atoms. The second kappa shape index (κ2) is 6.95. The highest BCUT2D eigenvalue weighted by atomic mass is 16.5. The van der Waals surface area contributed by atoms with Gasteiger partial charge in [0.1, 0.15) is 5.75 Å². The molecular formula is C17H26O2. The van der Waals surface area contributed by atoms with E-state index in [-0.39, 0.29) is 6.10 Å². The topological polar surface area (TPSA) is 29.5 Å². The van der Waals surface area contributed by atoms with E-state index in [1.807, 2.05) is 12.1 Å². The summed E-state index contributed by atoms with van der Waals surface area (Å²) >= 11 is 0. The summed E-state index contributed by atoms with van der Waals surface area (Å²) in [5.41, 5.74) is 1.28. The van der Waals surface area contributed by atoms with Gasteiger partial charge >= 0.3 is 0 Å². The summed E-state index contributed by atoms with van der Waals surface area (Å²) in [5.74, 6) is 2.13. The van der Waals surface area contributed by atoms with Crippen molar-refractivity contribution in [2.24, 2.45) is 11.8 Å². The Hall–Kier alpha value is -1.02. The molecule has 2 rings (SSSR count). The van der Waals surface area contributed by atoms with E-state index in [9.17, 15) is 5.11 Å². The lowest BCUT2D eigenvalue weighted by atomic mass is 9.75. The zero-order valence-electron chi connectivity index (χ0n) is 12.1. The van der Waals surface area contributed by atoms with Gasteiger partial charge in [0.25, 0.3) is 0 Å². The van der Waals surface area contributed by atoms with Crippen LogP contribution in [-0.2, 0) is 6.42 Å². The third kappa shape index (κ3) is 3.97. The summed E-state index contributed by atoms with van der Waals surface area (Å²) in [5, 5.41) is 10.2. The molecule has 1 fully saturated rings. The maximum absolute atomic E-state index is 10.2. The standard InChI is InChI=1S/C17H26O2/c1-3-5-13-8-9-17(18)15(10-13)11-14-6-4-7-16(12-14)19-2/h4,6-7,12-13,15,17-18H,3,5,8-11H2,1-2H3. The van der Waals surface area contributed by atoms with E-state index in [0.717, 1.165) is 24.5 Å². The van der Waals surface area contributed by atoms with E-state index < -0.39 is 0 Å². The van der Waals surface area contributed by atoms with Gasteiger partial charge in [-0.2, -0.15) is 0 Å². The predicted molar refractivity (Wildman–Crippen MR) is 78.4 cm³/mol. The normalized spacial score (nSPS) is 27.2. The molecule has 1 N–H and O–H groups in total. The van der Waals surface area contributed by atoms with E-state index in [0.29, 0.717) is 5.92 Å². The quantitative estimate of drug-likeness (QED) is 0.874. The summed E-state index contributed by atoms with van der Waals surface area (Å²) in [6, 6.07) is 8.24. The molecule has 0 aliphatic heterocycles. The summed E-state index contributed by atoms with van der Waals surface area (Å²) in [6.45, 7) is 2.25. The molecule has 1 saturated carbocycles. The number of methoxy groups -OCH3 is 1. The maximum atomic E-state index is 10.2. The Morgan fingerprint density at radius 3 is 2.89 bits per heavy atom. The van der Waals surface area contributed by atoms with Crippen molar-refractivity contribution in [1.29, 1.82) is 0 Å². The second-order valence-electron chi connectivity index (χ2n) is 5.85. The van der Waals surface area contributed by atoms with Crippen molar-refractivity contribution < 1.29 is 9.84 Å². The summed E-state index contributed by atoms with van der Waals surface area (Å²) in [4.78, 5) is 0. The molecule has 0 amide bonds. The first kappa shape index (κ1) is 14.4. The average molecular weight is 262 g/mol. The molecule has 1 aliphatic carbocycles. The number of rotatable bonds is 5. The molecule has 3 unspecified atom stereocenters. The van der Waals surface area contributed by atoms with Gasteiger partial charge in [0.05, 0.1) is 13.2 Å². The van der Waals surface area contributed by atoms with Crippen molar-refractivity contribution in [1.82, 2.24) is 0 Å². The number of benzene rings is 1. The van der Waals surface area contributed by atoms with E-state index in [4.69, 9.17) is 4.74 Å². The molecule has 3 atom stereocenters. The largest absolute Gasteiger partial charge is 0.497 e. The monoisotopic (exact) mass is 262 g/mol. The van der Waals surface area contributed by atoms with Crippen molar-refractivity contribution in [3.8, 4) is 5.75 Å². The molecule has 1 aromatic carbocycles. The maximum Gasteiger partial charge on any atom is 0.119 e. The first-order valence-corrected chi connectivity index (χ1v) is 7.54. The third-order valence-corrected chi connectivity index (χ3v) is 4.38. The zero-order valence-corrected chi connectivity index (χ0v) is 12.1. The molecule has 0 spiro atoms.